The molecule has 0 saturated heterocycles. The van der Waals surface area contributed by atoms with E-state index < -0.39 is 0 Å². The average molecular weight is 188 g/mol. The second-order valence-electron chi connectivity index (χ2n) is 1.65. The lowest BCUT2D eigenvalue weighted by molar-refractivity contribution is 0.617. The second kappa shape index (κ2) is 2.97. The van der Waals surface area contributed by atoms with Crippen molar-refractivity contribution in [1.82, 2.24) is 0 Å². The zero-order valence-electron chi connectivity index (χ0n) is 4.70. The molecule has 1 rings (SSSR count). The standard InChI is InChI=1S/C7H5BrF/c8-5-6-3-1-2-4-7(6)9/h2-4H,5H2. The van der Waals surface area contributed by atoms with E-state index in [9.17, 15) is 4.39 Å². The molecular weight excluding hydrogens is 183 g/mol. The van der Waals surface area contributed by atoms with E-state index in [1.165, 1.54) is 6.07 Å². The Kier molecular flexibility index (Phi) is 2.22. The molecule has 2 heteroatoms. The zero-order valence-corrected chi connectivity index (χ0v) is 6.28. The van der Waals surface area contributed by atoms with E-state index in [0.717, 1.165) is 0 Å². The molecule has 1 aromatic rings. The molecule has 0 atom stereocenters. The molecule has 0 heterocycles. The fourth-order valence-electron chi connectivity index (χ4n) is 0.548. The Bertz CT molecular complexity index is 198. The SMILES string of the molecule is Fc1cc[c]cc1CBr. The Morgan fingerprint density at radius 2 is 2.44 bits per heavy atom. The van der Waals surface area contributed by atoms with Gasteiger partial charge in [0.15, 0.2) is 0 Å². The summed E-state index contributed by atoms with van der Waals surface area (Å²) in [5.41, 5.74) is 0.650. The molecule has 9 heavy (non-hydrogen) atoms. The number of alkyl halides is 1. The van der Waals surface area contributed by atoms with Crippen LogP contribution in [-0.4, -0.2) is 0 Å². The van der Waals surface area contributed by atoms with Gasteiger partial charge in [-0.25, -0.2) is 4.39 Å². The summed E-state index contributed by atoms with van der Waals surface area (Å²) in [5, 5.41) is 0.552. The largest absolute Gasteiger partial charge is 0.207 e. The van der Waals surface area contributed by atoms with Crippen LogP contribution in [0.15, 0.2) is 18.2 Å². The van der Waals surface area contributed by atoms with Crippen LogP contribution < -0.4 is 0 Å². The topological polar surface area (TPSA) is 0 Å². The van der Waals surface area contributed by atoms with Gasteiger partial charge in [0.25, 0.3) is 0 Å². The van der Waals surface area contributed by atoms with Gasteiger partial charge in [0, 0.05) is 5.33 Å². The molecule has 0 fully saturated rings. The van der Waals surface area contributed by atoms with E-state index in [2.05, 4.69) is 22.0 Å². The third-order valence-corrected chi connectivity index (χ3v) is 1.64. The lowest BCUT2D eigenvalue weighted by atomic mass is 10.2. The molecule has 0 saturated carbocycles. The van der Waals surface area contributed by atoms with Gasteiger partial charge in [-0.05, 0) is 23.8 Å². The van der Waals surface area contributed by atoms with Gasteiger partial charge in [0.1, 0.15) is 5.82 Å². The van der Waals surface area contributed by atoms with Gasteiger partial charge in [-0.2, -0.15) is 0 Å². The predicted octanol–water partition coefficient (Wildman–Crippen LogP) is 2.52. The number of rotatable bonds is 1. The molecule has 0 bridgehead atoms. The average Bonchev–Trinajstić information content (AvgIpc) is 1.89. The van der Waals surface area contributed by atoms with Gasteiger partial charge in [-0.1, -0.05) is 22.0 Å². The molecule has 0 aliphatic heterocycles. The van der Waals surface area contributed by atoms with Crippen LogP contribution in [0.2, 0.25) is 0 Å². The van der Waals surface area contributed by atoms with Gasteiger partial charge >= 0.3 is 0 Å². The number of hydrogen-bond acceptors (Lipinski definition) is 0. The summed E-state index contributed by atoms with van der Waals surface area (Å²) in [5.74, 6) is -0.175. The fourth-order valence-corrected chi connectivity index (χ4v) is 0.978. The Balaban J connectivity index is 3.01. The molecule has 1 aromatic carbocycles. The molecule has 0 nitrogen and oxygen atoms in total. The second-order valence-corrected chi connectivity index (χ2v) is 2.21. The maximum atomic E-state index is 12.5. The van der Waals surface area contributed by atoms with Crippen LogP contribution >= 0.6 is 15.9 Å². The van der Waals surface area contributed by atoms with Crippen molar-refractivity contribution in [3.63, 3.8) is 0 Å². The normalized spacial score (nSPS) is 9.56. The van der Waals surface area contributed by atoms with Crippen LogP contribution in [0.4, 0.5) is 4.39 Å². The Morgan fingerprint density at radius 1 is 1.67 bits per heavy atom. The Morgan fingerprint density at radius 3 is 2.89 bits per heavy atom. The molecule has 0 amide bonds. The third-order valence-electron chi connectivity index (χ3n) is 1.03. The number of hydrogen-bond donors (Lipinski definition) is 0. The Hall–Kier alpha value is -0.370. The highest BCUT2D eigenvalue weighted by Crippen LogP contribution is 2.08. The van der Waals surface area contributed by atoms with Crippen molar-refractivity contribution in [1.29, 1.82) is 0 Å². The van der Waals surface area contributed by atoms with E-state index in [1.54, 1.807) is 12.1 Å². The highest BCUT2D eigenvalue weighted by Gasteiger charge is 1.95. The minimum absolute atomic E-state index is 0.175. The van der Waals surface area contributed by atoms with Crippen molar-refractivity contribution in [2.24, 2.45) is 0 Å². The highest BCUT2D eigenvalue weighted by molar-refractivity contribution is 9.08. The predicted molar refractivity (Wildman–Crippen MR) is 37.9 cm³/mol. The van der Waals surface area contributed by atoms with E-state index >= 15 is 0 Å². The van der Waals surface area contributed by atoms with Crippen LogP contribution in [0.3, 0.4) is 0 Å². The fraction of sp³-hybridized carbons (Fsp3) is 0.143. The third kappa shape index (κ3) is 1.52. The van der Waals surface area contributed by atoms with Crippen LogP contribution in [-0.2, 0) is 5.33 Å². The monoisotopic (exact) mass is 187 g/mol. The molecule has 1 radical (unpaired) electrons. The first kappa shape index (κ1) is 6.75. The van der Waals surface area contributed by atoms with E-state index in [4.69, 9.17) is 0 Å². The number of benzene rings is 1. The molecular formula is C7H5BrF. The summed E-state index contributed by atoms with van der Waals surface area (Å²) >= 11 is 3.15. The van der Waals surface area contributed by atoms with Gasteiger partial charge in [-0.15, -0.1) is 0 Å². The molecule has 0 aliphatic carbocycles. The number of halogens is 2. The summed E-state index contributed by atoms with van der Waals surface area (Å²) in [6, 6.07) is 7.37. The molecule has 0 unspecified atom stereocenters. The maximum absolute atomic E-state index is 12.5. The highest BCUT2D eigenvalue weighted by atomic mass is 79.9. The van der Waals surface area contributed by atoms with Crippen molar-refractivity contribution in [2.75, 3.05) is 0 Å². The van der Waals surface area contributed by atoms with Crippen LogP contribution in [0, 0.1) is 11.9 Å². The lowest BCUT2D eigenvalue weighted by Gasteiger charge is -1.93. The smallest absolute Gasteiger partial charge is 0.127 e. The maximum Gasteiger partial charge on any atom is 0.127 e. The first-order valence-corrected chi connectivity index (χ1v) is 3.67. The Labute approximate surface area is 61.8 Å². The summed E-state index contributed by atoms with van der Waals surface area (Å²) in [6.07, 6.45) is 0. The van der Waals surface area contributed by atoms with E-state index in [-0.39, 0.29) is 5.82 Å². The zero-order chi connectivity index (χ0) is 6.69. The van der Waals surface area contributed by atoms with Crippen molar-refractivity contribution < 1.29 is 4.39 Å². The summed E-state index contributed by atoms with van der Waals surface area (Å²) in [4.78, 5) is 0. The van der Waals surface area contributed by atoms with Gasteiger partial charge in [-0.3, -0.25) is 0 Å². The van der Waals surface area contributed by atoms with Crippen molar-refractivity contribution in [3.8, 4) is 0 Å². The molecule has 0 N–H and O–H groups in total. The van der Waals surface area contributed by atoms with E-state index in [0.29, 0.717) is 10.9 Å². The van der Waals surface area contributed by atoms with Crippen LogP contribution in [0.25, 0.3) is 0 Å². The first-order chi connectivity index (χ1) is 4.34. The van der Waals surface area contributed by atoms with Gasteiger partial charge in [0.05, 0.1) is 0 Å². The summed E-state index contributed by atoms with van der Waals surface area (Å²) in [6.45, 7) is 0. The molecule has 0 aromatic heterocycles. The first-order valence-electron chi connectivity index (χ1n) is 2.55. The molecule has 0 aliphatic rings. The van der Waals surface area contributed by atoms with Crippen molar-refractivity contribution >= 4 is 15.9 Å². The molecule has 47 valence electrons. The minimum Gasteiger partial charge on any atom is -0.207 e. The molecule has 0 spiro atoms. The van der Waals surface area contributed by atoms with Gasteiger partial charge < -0.3 is 0 Å². The van der Waals surface area contributed by atoms with Crippen LogP contribution in [0.5, 0.6) is 0 Å². The van der Waals surface area contributed by atoms with Crippen molar-refractivity contribution in [3.05, 3.63) is 35.6 Å². The van der Waals surface area contributed by atoms with E-state index in [1.807, 2.05) is 0 Å². The van der Waals surface area contributed by atoms with Gasteiger partial charge in [0.2, 0.25) is 0 Å². The minimum atomic E-state index is -0.175. The van der Waals surface area contributed by atoms with Crippen LogP contribution in [0.1, 0.15) is 5.56 Å². The summed E-state index contributed by atoms with van der Waals surface area (Å²) in [7, 11) is 0. The lowest BCUT2D eigenvalue weighted by Crippen LogP contribution is -1.82. The van der Waals surface area contributed by atoms with Crippen molar-refractivity contribution in [2.45, 2.75) is 5.33 Å². The summed E-state index contributed by atoms with van der Waals surface area (Å²) < 4.78 is 12.5. The quantitative estimate of drug-likeness (QED) is 0.594.